The van der Waals surface area contributed by atoms with E-state index < -0.39 is 0 Å². The van der Waals surface area contributed by atoms with Crippen molar-refractivity contribution in [3.8, 4) is 0 Å². The van der Waals surface area contributed by atoms with Crippen LogP contribution in [0, 0.1) is 0 Å². The molecule has 0 atom stereocenters. The summed E-state index contributed by atoms with van der Waals surface area (Å²) in [6.45, 7) is 2.72. The van der Waals surface area contributed by atoms with E-state index in [0.29, 0.717) is 6.54 Å². The molecule has 0 radical (unpaired) electrons. The second-order valence-electron chi connectivity index (χ2n) is 3.61. The first kappa shape index (κ1) is 11.1. The molecule has 0 spiro atoms. The summed E-state index contributed by atoms with van der Waals surface area (Å²) in [5, 5.41) is 5.13. The third-order valence-corrected chi connectivity index (χ3v) is 2.97. The van der Waals surface area contributed by atoms with E-state index in [-0.39, 0.29) is 0 Å². The van der Waals surface area contributed by atoms with E-state index in [2.05, 4.69) is 17.4 Å². The van der Waals surface area contributed by atoms with Crippen LogP contribution in [-0.4, -0.2) is 14.5 Å². The Bertz CT molecular complexity index is 459. The predicted molar refractivity (Wildman–Crippen MR) is 65.1 cm³/mol. The molecule has 0 unspecified atom stereocenters. The normalized spacial score (nSPS) is 10.7. The minimum absolute atomic E-state index is 0.664. The zero-order chi connectivity index (χ0) is 11.5. The molecular weight excluding hydrogens is 224 g/mol. The zero-order valence-corrected chi connectivity index (χ0v) is 10.2. The lowest BCUT2D eigenvalue weighted by molar-refractivity contribution is 0.689. The van der Waals surface area contributed by atoms with Gasteiger partial charge in [-0.3, -0.25) is 9.36 Å². The molecule has 86 valence electrons. The molecule has 0 saturated heterocycles. The van der Waals surface area contributed by atoms with E-state index in [9.17, 15) is 0 Å². The van der Waals surface area contributed by atoms with Crippen LogP contribution in [0.25, 0.3) is 0 Å². The highest BCUT2D eigenvalue weighted by Gasteiger charge is 2.12. The number of aryl methyl sites for hydroxylation is 2. The van der Waals surface area contributed by atoms with Gasteiger partial charge in [0.15, 0.2) is 0 Å². The lowest BCUT2D eigenvalue weighted by Crippen LogP contribution is -2.14. The fraction of sp³-hybridized carbons (Fsp3) is 0.364. The number of rotatable bonds is 4. The van der Waals surface area contributed by atoms with Gasteiger partial charge < -0.3 is 5.43 Å². The second-order valence-corrected chi connectivity index (χ2v) is 3.99. The quantitative estimate of drug-likeness (QED) is 0.886. The molecule has 0 aromatic carbocycles. The molecule has 2 aromatic rings. The average molecular weight is 239 g/mol. The molecule has 0 aliphatic heterocycles. The summed E-state index contributed by atoms with van der Waals surface area (Å²) >= 11 is 6.24. The Hall–Kier alpha value is -1.42. The molecule has 2 aromatic heterocycles. The van der Waals surface area contributed by atoms with Gasteiger partial charge in [-0.05, 0) is 18.6 Å². The maximum atomic E-state index is 6.24. The number of nitrogens with one attached hydrogen (secondary N) is 1. The van der Waals surface area contributed by atoms with Crippen LogP contribution in [0.2, 0.25) is 5.02 Å². The Morgan fingerprint density at radius 3 is 2.62 bits per heavy atom. The summed E-state index contributed by atoms with van der Waals surface area (Å²) in [6.07, 6.45) is 4.76. The van der Waals surface area contributed by atoms with Gasteiger partial charge in [0.25, 0.3) is 0 Å². The second kappa shape index (κ2) is 4.61. The third kappa shape index (κ3) is 2.07. The van der Waals surface area contributed by atoms with Gasteiger partial charge in [-0.15, -0.1) is 0 Å². The number of hydrogen-bond acceptors (Lipinski definition) is 2. The molecule has 0 fully saturated rings. The molecule has 0 amide bonds. The van der Waals surface area contributed by atoms with Gasteiger partial charge in [-0.25, -0.2) is 0 Å². The predicted octanol–water partition coefficient (Wildman–Crippen LogP) is 2.18. The van der Waals surface area contributed by atoms with E-state index in [0.717, 1.165) is 22.8 Å². The SMILES string of the molecule is CCc1nn(C)c(CNn2cccc2)c1Cl. The molecule has 4 nitrogen and oxygen atoms in total. The van der Waals surface area contributed by atoms with Crippen molar-refractivity contribution in [2.75, 3.05) is 5.43 Å². The van der Waals surface area contributed by atoms with Crippen LogP contribution in [0.5, 0.6) is 0 Å². The largest absolute Gasteiger partial charge is 0.320 e. The highest BCUT2D eigenvalue weighted by atomic mass is 35.5. The smallest absolute Gasteiger partial charge is 0.0868 e. The van der Waals surface area contributed by atoms with Gasteiger partial charge in [-0.2, -0.15) is 5.10 Å². The molecule has 0 saturated carbocycles. The van der Waals surface area contributed by atoms with Crippen molar-refractivity contribution in [1.82, 2.24) is 14.5 Å². The van der Waals surface area contributed by atoms with E-state index in [1.54, 1.807) is 0 Å². The van der Waals surface area contributed by atoms with Crippen molar-refractivity contribution in [2.45, 2.75) is 19.9 Å². The standard InChI is InChI=1S/C11H15ClN4/c1-3-9-11(12)10(15(2)14-9)8-13-16-6-4-5-7-16/h4-7,13H,3,8H2,1-2H3. The summed E-state index contributed by atoms with van der Waals surface area (Å²) in [5.74, 6) is 0. The van der Waals surface area contributed by atoms with Crippen LogP contribution >= 0.6 is 11.6 Å². The van der Waals surface area contributed by atoms with Crippen LogP contribution in [0.3, 0.4) is 0 Å². The minimum atomic E-state index is 0.664. The Morgan fingerprint density at radius 2 is 2.06 bits per heavy atom. The summed E-state index contributed by atoms with van der Waals surface area (Å²) < 4.78 is 3.73. The fourth-order valence-electron chi connectivity index (χ4n) is 1.62. The van der Waals surface area contributed by atoms with E-state index >= 15 is 0 Å². The molecule has 2 rings (SSSR count). The molecule has 0 bridgehead atoms. The summed E-state index contributed by atoms with van der Waals surface area (Å²) in [5.41, 5.74) is 5.19. The van der Waals surface area contributed by atoms with Crippen molar-refractivity contribution >= 4 is 11.6 Å². The van der Waals surface area contributed by atoms with Gasteiger partial charge in [0.2, 0.25) is 0 Å². The van der Waals surface area contributed by atoms with Crippen LogP contribution in [0.15, 0.2) is 24.5 Å². The van der Waals surface area contributed by atoms with Crippen LogP contribution in [-0.2, 0) is 20.0 Å². The topological polar surface area (TPSA) is 34.8 Å². The Balaban J connectivity index is 2.12. The lowest BCUT2D eigenvalue weighted by Gasteiger charge is -2.07. The van der Waals surface area contributed by atoms with Gasteiger partial charge >= 0.3 is 0 Å². The van der Waals surface area contributed by atoms with E-state index in [1.165, 1.54) is 0 Å². The molecule has 0 aliphatic rings. The Kier molecular flexibility index (Phi) is 3.19. The van der Waals surface area contributed by atoms with Gasteiger partial charge in [0.1, 0.15) is 0 Å². The first-order valence-electron chi connectivity index (χ1n) is 5.29. The van der Waals surface area contributed by atoms with Crippen LogP contribution in [0.4, 0.5) is 0 Å². The molecule has 2 heterocycles. The average Bonchev–Trinajstić information content (AvgIpc) is 2.86. The minimum Gasteiger partial charge on any atom is -0.320 e. The summed E-state index contributed by atoms with van der Waals surface area (Å²) in [6, 6.07) is 3.94. The highest BCUT2D eigenvalue weighted by Crippen LogP contribution is 2.20. The first-order valence-corrected chi connectivity index (χ1v) is 5.67. The number of aromatic nitrogens is 3. The lowest BCUT2D eigenvalue weighted by atomic mass is 10.3. The van der Waals surface area contributed by atoms with Crippen molar-refractivity contribution in [3.63, 3.8) is 0 Å². The maximum absolute atomic E-state index is 6.24. The van der Waals surface area contributed by atoms with Crippen molar-refractivity contribution < 1.29 is 0 Å². The van der Waals surface area contributed by atoms with Gasteiger partial charge in [-0.1, -0.05) is 18.5 Å². The molecule has 5 heteroatoms. The number of hydrogen-bond donors (Lipinski definition) is 1. The third-order valence-electron chi connectivity index (χ3n) is 2.54. The summed E-state index contributed by atoms with van der Waals surface area (Å²) in [7, 11) is 1.91. The first-order chi connectivity index (χ1) is 7.72. The van der Waals surface area contributed by atoms with Crippen LogP contribution in [0.1, 0.15) is 18.3 Å². The van der Waals surface area contributed by atoms with Gasteiger partial charge in [0.05, 0.1) is 23.0 Å². The number of halogens is 1. The number of nitrogens with zero attached hydrogens (tertiary/aromatic N) is 3. The molecule has 16 heavy (non-hydrogen) atoms. The molecule has 1 N–H and O–H groups in total. The Labute approximate surface area is 99.8 Å². The van der Waals surface area contributed by atoms with Crippen molar-refractivity contribution in [3.05, 3.63) is 40.9 Å². The zero-order valence-electron chi connectivity index (χ0n) is 9.44. The van der Waals surface area contributed by atoms with E-state index in [1.807, 2.05) is 40.9 Å². The highest BCUT2D eigenvalue weighted by molar-refractivity contribution is 6.31. The fourth-order valence-corrected chi connectivity index (χ4v) is 1.98. The molecule has 0 aliphatic carbocycles. The Morgan fingerprint density at radius 1 is 1.38 bits per heavy atom. The van der Waals surface area contributed by atoms with Gasteiger partial charge in [0, 0.05) is 19.4 Å². The van der Waals surface area contributed by atoms with Crippen molar-refractivity contribution in [1.29, 1.82) is 0 Å². The van der Waals surface area contributed by atoms with E-state index in [4.69, 9.17) is 11.6 Å². The summed E-state index contributed by atoms with van der Waals surface area (Å²) in [4.78, 5) is 0. The maximum Gasteiger partial charge on any atom is 0.0868 e. The van der Waals surface area contributed by atoms with Crippen molar-refractivity contribution in [2.24, 2.45) is 7.05 Å². The van der Waals surface area contributed by atoms with Crippen LogP contribution < -0.4 is 5.43 Å². The molecular formula is C11H15ClN4. The monoisotopic (exact) mass is 238 g/mol.